The molecule has 1 saturated heterocycles. The van der Waals surface area contributed by atoms with Crippen molar-refractivity contribution < 1.29 is 14.3 Å². The van der Waals surface area contributed by atoms with Crippen LogP contribution in [0, 0.1) is 6.92 Å². The summed E-state index contributed by atoms with van der Waals surface area (Å²) in [6.07, 6.45) is 2.65. The molecule has 0 aromatic heterocycles. The molecule has 0 N–H and O–H groups in total. The lowest BCUT2D eigenvalue weighted by Crippen LogP contribution is -2.45. The summed E-state index contributed by atoms with van der Waals surface area (Å²) in [4.78, 5) is 34.7. The molecule has 0 unspecified atom stereocenters. The second-order valence-electron chi connectivity index (χ2n) is 7.69. The van der Waals surface area contributed by atoms with E-state index in [4.69, 9.17) is 4.74 Å². The molecule has 0 radical (unpaired) electrons. The molecule has 1 atom stereocenters. The third-order valence-electron chi connectivity index (χ3n) is 5.69. The van der Waals surface area contributed by atoms with Gasteiger partial charge in [-0.05, 0) is 36.6 Å². The number of hydrogen-bond donors (Lipinski definition) is 0. The summed E-state index contributed by atoms with van der Waals surface area (Å²) in [5, 5.41) is 0. The average Bonchev–Trinajstić information content (AvgIpc) is 2.77. The lowest BCUT2D eigenvalue weighted by Gasteiger charge is -2.31. The fraction of sp³-hybridized carbons (Fsp3) is 0.375. The van der Waals surface area contributed by atoms with Gasteiger partial charge in [0.05, 0.1) is 24.8 Å². The van der Waals surface area contributed by atoms with Gasteiger partial charge in [-0.15, -0.1) is 0 Å². The third kappa shape index (κ3) is 4.20. The van der Waals surface area contributed by atoms with E-state index in [-0.39, 0.29) is 11.8 Å². The number of aryl methyl sites for hydroxylation is 1. The Morgan fingerprint density at radius 2 is 1.80 bits per heavy atom. The van der Waals surface area contributed by atoms with E-state index in [1.807, 2.05) is 49.4 Å². The molecule has 0 spiro atoms. The van der Waals surface area contributed by atoms with E-state index in [2.05, 4.69) is 9.89 Å². The molecular weight excluding hydrogens is 378 g/mol. The summed E-state index contributed by atoms with van der Waals surface area (Å²) in [6.45, 7) is 7.05. The first-order valence-electron chi connectivity index (χ1n) is 10.5. The van der Waals surface area contributed by atoms with Crippen molar-refractivity contribution in [2.75, 3.05) is 44.3 Å². The number of morpholine rings is 1. The Bertz CT molecular complexity index is 950. The minimum absolute atomic E-state index is 0.245. The largest absolute Gasteiger partial charge is 0.379 e. The zero-order chi connectivity index (χ0) is 20.9. The molecule has 6 heteroatoms. The number of nitrogens with zero attached hydrogens (tertiary/aromatic N) is 3. The van der Waals surface area contributed by atoms with Crippen LogP contribution in [0.4, 0.5) is 5.69 Å². The summed E-state index contributed by atoms with van der Waals surface area (Å²) in [5.74, 6) is -1.08. The smallest absolute Gasteiger partial charge is 0.265 e. The first kappa shape index (κ1) is 20.4. The van der Waals surface area contributed by atoms with Gasteiger partial charge in [-0.3, -0.25) is 19.5 Å². The highest BCUT2D eigenvalue weighted by molar-refractivity contribution is 6.29. The molecule has 2 aliphatic rings. The standard InChI is InChI=1S/C24H27N3O3/c1-18-7-2-5-10-22(18)27-23(28)20-9-4-3-8-19(20)21(24(27)29)17-25-11-6-12-26-13-15-30-16-14-26/h2-5,7-10,17,21H,6,11-16H2,1H3/t21-/m1/s1. The fourth-order valence-electron chi connectivity index (χ4n) is 4.03. The lowest BCUT2D eigenvalue weighted by atomic mass is 9.88. The van der Waals surface area contributed by atoms with E-state index in [1.54, 1.807) is 12.3 Å². The second kappa shape index (κ2) is 9.32. The molecule has 2 heterocycles. The van der Waals surface area contributed by atoms with Crippen molar-refractivity contribution in [2.24, 2.45) is 4.99 Å². The van der Waals surface area contributed by atoms with Gasteiger partial charge in [0.1, 0.15) is 0 Å². The molecule has 156 valence electrons. The monoisotopic (exact) mass is 405 g/mol. The Kier molecular flexibility index (Phi) is 6.35. The van der Waals surface area contributed by atoms with E-state index in [0.717, 1.165) is 50.4 Å². The van der Waals surface area contributed by atoms with Crippen molar-refractivity contribution in [3.8, 4) is 0 Å². The molecule has 2 aromatic carbocycles. The molecule has 6 nitrogen and oxygen atoms in total. The zero-order valence-electron chi connectivity index (χ0n) is 17.3. The minimum atomic E-state index is -0.554. The van der Waals surface area contributed by atoms with Crippen LogP contribution in [-0.2, 0) is 9.53 Å². The molecule has 2 aromatic rings. The Morgan fingerprint density at radius 1 is 1.07 bits per heavy atom. The molecule has 2 amide bonds. The van der Waals surface area contributed by atoms with Crippen molar-refractivity contribution in [2.45, 2.75) is 19.3 Å². The van der Waals surface area contributed by atoms with E-state index >= 15 is 0 Å². The lowest BCUT2D eigenvalue weighted by molar-refractivity contribution is -0.118. The van der Waals surface area contributed by atoms with Crippen LogP contribution < -0.4 is 4.90 Å². The maximum Gasteiger partial charge on any atom is 0.265 e. The number of benzene rings is 2. The van der Waals surface area contributed by atoms with Crippen LogP contribution in [0.15, 0.2) is 53.5 Å². The van der Waals surface area contributed by atoms with Gasteiger partial charge < -0.3 is 4.74 Å². The van der Waals surface area contributed by atoms with Gasteiger partial charge in [0.15, 0.2) is 0 Å². The number of fused-ring (bicyclic) bond motifs is 1. The molecule has 2 aliphatic heterocycles. The number of ether oxygens (including phenoxy) is 1. The van der Waals surface area contributed by atoms with Gasteiger partial charge in [-0.2, -0.15) is 0 Å². The van der Waals surface area contributed by atoms with Crippen LogP contribution in [0.2, 0.25) is 0 Å². The van der Waals surface area contributed by atoms with Gasteiger partial charge in [-0.1, -0.05) is 36.4 Å². The van der Waals surface area contributed by atoms with Crippen LogP contribution in [0.5, 0.6) is 0 Å². The summed E-state index contributed by atoms with van der Waals surface area (Å²) in [6, 6.07) is 14.8. The molecular formula is C24H27N3O3. The number of rotatable bonds is 6. The van der Waals surface area contributed by atoms with Gasteiger partial charge in [0, 0.05) is 38.0 Å². The fourth-order valence-corrected chi connectivity index (χ4v) is 4.03. The highest BCUT2D eigenvalue weighted by Crippen LogP contribution is 2.33. The van der Waals surface area contributed by atoms with Gasteiger partial charge in [-0.25, -0.2) is 4.90 Å². The normalized spacial score (nSPS) is 20.0. The third-order valence-corrected chi connectivity index (χ3v) is 5.69. The molecule has 1 fully saturated rings. The number of amides is 2. The van der Waals surface area contributed by atoms with Gasteiger partial charge in [0.25, 0.3) is 5.91 Å². The Morgan fingerprint density at radius 3 is 2.60 bits per heavy atom. The SMILES string of the molecule is Cc1ccccc1N1C(=O)c2ccccc2[C@@H](C=NCCCN2CCOCC2)C1=O. The topological polar surface area (TPSA) is 62.2 Å². The Hall–Kier alpha value is -2.83. The molecule has 0 bridgehead atoms. The van der Waals surface area contributed by atoms with Gasteiger partial charge in [0.2, 0.25) is 5.91 Å². The van der Waals surface area contributed by atoms with Gasteiger partial charge >= 0.3 is 0 Å². The van der Waals surface area contributed by atoms with Crippen molar-refractivity contribution in [1.82, 2.24) is 4.90 Å². The predicted molar refractivity (Wildman–Crippen MR) is 117 cm³/mol. The van der Waals surface area contributed by atoms with Crippen molar-refractivity contribution in [1.29, 1.82) is 0 Å². The number of para-hydroxylation sites is 1. The number of carbonyl (C=O) groups is 2. The first-order chi connectivity index (χ1) is 14.7. The van der Waals surface area contributed by atoms with E-state index in [0.29, 0.717) is 17.8 Å². The van der Waals surface area contributed by atoms with E-state index in [1.165, 1.54) is 4.90 Å². The number of aliphatic imine (C=N–C) groups is 1. The number of imide groups is 1. The Labute approximate surface area is 177 Å². The van der Waals surface area contributed by atoms with E-state index < -0.39 is 5.92 Å². The number of anilines is 1. The predicted octanol–water partition coefficient (Wildman–Crippen LogP) is 3.06. The van der Waals surface area contributed by atoms with Crippen molar-refractivity contribution >= 4 is 23.7 Å². The minimum Gasteiger partial charge on any atom is -0.379 e. The quantitative estimate of drug-likeness (QED) is 0.421. The molecule has 4 rings (SSSR count). The van der Waals surface area contributed by atoms with E-state index in [9.17, 15) is 9.59 Å². The van der Waals surface area contributed by atoms with Crippen LogP contribution in [0.25, 0.3) is 0 Å². The maximum absolute atomic E-state index is 13.4. The van der Waals surface area contributed by atoms with Crippen LogP contribution >= 0.6 is 0 Å². The highest BCUT2D eigenvalue weighted by Gasteiger charge is 2.39. The summed E-state index contributed by atoms with van der Waals surface area (Å²) >= 11 is 0. The van der Waals surface area contributed by atoms with Crippen LogP contribution in [0.1, 0.15) is 33.8 Å². The van der Waals surface area contributed by atoms with Crippen molar-refractivity contribution in [3.63, 3.8) is 0 Å². The summed E-state index contributed by atoms with van der Waals surface area (Å²) < 4.78 is 5.37. The summed E-state index contributed by atoms with van der Waals surface area (Å²) in [7, 11) is 0. The molecule has 30 heavy (non-hydrogen) atoms. The average molecular weight is 405 g/mol. The van der Waals surface area contributed by atoms with Crippen LogP contribution in [-0.4, -0.2) is 62.3 Å². The first-order valence-corrected chi connectivity index (χ1v) is 10.5. The maximum atomic E-state index is 13.4. The zero-order valence-corrected chi connectivity index (χ0v) is 17.3. The van der Waals surface area contributed by atoms with Crippen molar-refractivity contribution in [3.05, 3.63) is 65.2 Å². The second-order valence-corrected chi connectivity index (χ2v) is 7.69. The summed E-state index contributed by atoms with van der Waals surface area (Å²) in [5.41, 5.74) is 2.81. The Balaban J connectivity index is 1.52. The highest BCUT2D eigenvalue weighted by atomic mass is 16.5. The number of hydrogen-bond acceptors (Lipinski definition) is 5. The van der Waals surface area contributed by atoms with Crippen LogP contribution in [0.3, 0.4) is 0 Å². The number of carbonyl (C=O) groups excluding carboxylic acids is 2. The molecule has 0 saturated carbocycles. The molecule has 0 aliphatic carbocycles.